The highest BCUT2D eigenvalue weighted by atomic mass is 16.5. The number of carbonyl (C=O) groups is 1. The van der Waals surface area contributed by atoms with Gasteiger partial charge in [0.2, 0.25) is 0 Å². The zero-order valence-corrected chi connectivity index (χ0v) is 16.4. The molecule has 0 saturated heterocycles. The lowest BCUT2D eigenvalue weighted by molar-refractivity contribution is 0.0601. The first kappa shape index (κ1) is 19.5. The molecule has 5 heteroatoms. The molecule has 0 atom stereocenters. The normalized spacial score (nSPS) is 10.7. The third-order valence-electron chi connectivity index (χ3n) is 4.68. The molecular weight excluding hydrogens is 352 g/mol. The summed E-state index contributed by atoms with van der Waals surface area (Å²) in [6, 6.07) is 15.3. The summed E-state index contributed by atoms with van der Waals surface area (Å²) in [6.45, 7) is 3.88. The Kier molecular flexibility index (Phi) is 6.04. The van der Waals surface area contributed by atoms with Gasteiger partial charge in [-0.2, -0.15) is 0 Å². The number of ether oxygens (including phenoxy) is 1. The van der Waals surface area contributed by atoms with Gasteiger partial charge in [-0.1, -0.05) is 55.8 Å². The molecule has 28 heavy (non-hydrogen) atoms. The number of rotatable bonds is 6. The van der Waals surface area contributed by atoms with Gasteiger partial charge < -0.3 is 9.72 Å². The van der Waals surface area contributed by atoms with Gasteiger partial charge in [-0.3, -0.25) is 4.79 Å². The maximum atomic E-state index is 12.4. The van der Waals surface area contributed by atoms with E-state index >= 15 is 0 Å². The smallest absolute Gasteiger partial charge is 0.338 e. The topological polar surface area (TPSA) is 72.0 Å². The Morgan fingerprint density at radius 1 is 1.11 bits per heavy atom. The lowest BCUT2D eigenvalue weighted by Crippen LogP contribution is -2.19. The number of H-pyrrole nitrogens is 1. The summed E-state index contributed by atoms with van der Waals surface area (Å²) in [5, 5.41) is 0. The van der Waals surface area contributed by atoms with Crippen LogP contribution in [-0.2, 0) is 17.6 Å². The molecule has 0 fully saturated rings. The molecule has 3 rings (SSSR count). The Balaban J connectivity index is 1.92. The van der Waals surface area contributed by atoms with Gasteiger partial charge in [0, 0.05) is 12.0 Å². The van der Waals surface area contributed by atoms with Crippen molar-refractivity contribution in [1.29, 1.82) is 0 Å². The van der Waals surface area contributed by atoms with E-state index in [0.717, 1.165) is 40.8 Å². The van der Waals surface area contributed by atoms with Crippen LogP contribution < -0.4 is 5.56 Å². The molecular formula is C23H24N2O3. The van der Waals surface area contributed by atoms with Gasteiger partial charge >= 0.3 is 5.97 Å². The number of hydrogen-bond donors (Lipinski definition) is 1. The minimum absolute atomic E-state index is 0.0731. The number of nitrogens with zero attached hydrogens (tertiary/aromatic N) is 1. The van der Waals surface area contributed by atoms with E-state index in [0.29, 0.717) is 17.8 Å². The van der Waals surface area contributed by atoms with Gasteiger partial charge in [0.25, 0.3) is 5.56 Å². The van der Waals surface area contributed by atoms with Crippen LogP contribution in [0.3, 0.4) is 0 Å². The fourth-order valence-electron chi connectivity index (χ4n) is 3.32. The largest absolute Gasteiger partial charge is 0.465 e. The van der Waals surface area contributed by atoms with Crippen LogP contribution in [0.1, 0.15) is 46.3 Å². The van der Waals surface area contributed by atoms with Crippen molar-refractivity contribution in [3.05, 3.63) is 87.1 Å². The number of nitrogens with one attached hydrogen (secondary N) is 1. The average molecular weight is 376 g/mol. The molecule has 1 N–H and O–H groups in total. The Labute approximate surface area is 164 Å². The third-order valence-corrected chi connectivity index (χ3v) is 4.68. The Hall–Kier alpha value is -3.21. The summed E-state index contributed by atoms with van der Waals surface area (Å²) in [4.78, 5) is 31.8. The van der Waals surface area contributed by atoms with E-state index in [4.69, 9.17) is 4.74 Å². The standard InChI is InChI=1S/C23H24N2O3/c1-4-7-21-20(22(26)25-15(2)24-21)14-16-10-12-17(13-11-16)18-8-5-6-9-19(18)23(27)28-3/h5-6,8-13H,4,7,14H2,1-3H3,(H,24,25,26). The number of benzene rings is 2. The number of aromatic nitrogens is 2. The van der Waals surface area contributed by atoms with Crippen LogP contribution >= 0.6 is 0 Å². The van der Waals surface area contributed by atoms with Crippen molar-refractivity contribution in [3.63, 3.8) is 0 Å². The highest BCUT2D eigenvalue weighted by Crippen LogP contribution is 2.25. The molecule has 0 unspecified atom stereocenters. The maximum Gasteiger partial charge on any atom is 0.338 e. The van der Waals surface area contributed by atoms with Gasteiger partial charge in [-0.15, -0.1) is 0 Å². The molecule has 0 aliphatic carbocycles. The minimum Gasteiger partial charge on any atom is -0.465 e. The van der Waals surface area contributed by atoms with Crippen LogP contribution in [0.15, 0.2) is 53.3 Å². The van der Waals surface area contributed by atoms with Crippen molar-refractivity contribution in [1.82, 2.24) is 9.97 Å². The Bertz CT molecular complexity index is 1040. The number of carbonyl (C=O) groups excluding carboxylic acids is 1. The van der Waals surface area contributed by atoms with E-state index in [1.165, 1.54) is 7.11 Å². The molecule has 0 aliphatic rings. The molecule has 5 nitrogen and oxygen atoms in total. The van der Waals surface area contributed by atoms with E-state index in [1.807, 2.05) is 42.5 Å². The SMILES string of the molecule is CCCc1nc(C)[nH]c(=O)c1Cc1ccc(-c2ccccc2C(=O)OC)cc1. The van der Waals surface area contributed by atoms with Gasteiger partial charge in [-0.25, -0.2) is 9.78 Å². The van der Waals surface area contributed by atoms with Crippen LogP contribution in [0.2, 0.25) is 0 Å². The van der Waals surface area contributed by atoms with Crippen LogP contribution in [-0.4, -0.2) is 23.0 Å². The summed E-state index contributed by atoms with van der Waals surface area (Å²) in [5.41, 5.74) is 4.81. The molecule has 2 aromatic carbocycles. The second kappa shape index (κ2) is 8.65. The predicted octanol–water partition coefficient (Wildman–Crippen LogP) is 4.08. The van der Waals surface area contributed by atoms with Crippen molar-refractivity contribution in [2.24, 2.45) is 0 Å². The summed E-state index contributed by atoms with van der Waals surface area (Å²) >= 11 is 0. The van der Waals surface area contributed by atoms with Crippen molar-refractivity contribution in [2.75, 3.05) is 7.11 Å². The molecule has 0 aliphatic heterocycles. The molecule has 1 heterocycles. The molecule has 0 spiro atoms. The molecule has 0 bridgehead atoms. The highest BCUT2D eigenvalue weighted by molar-refractivity contribution is 5.97. The van der Waals surface area contributed by atoms with Gasteiger partial charge in [0.15, 0.2) is 0 Å². The Morgan fingerprint density at radius 3 is 2.50 bits per heavy atom. The summed E-state index contributed by atoms with van der Waals surface area (Å²) < 4.78 is 4.88. The summed E-state index contributed by atoms with van der Waals surface area (Å²) in [7, 11) is 1.38. The van der Waals surface area contributed by atoms with Crippen LogP contribution in [0, 0.1) is 6.92 Å². The first-order chi connectivity index (χ1) is 13.5. The molecule has 0 amide bonds. The van der Waals surface area contributed by atoms with Crippen LogP contribution in [0.5, 0.6) is 0 Å². The second-order valence-corrected chi connectivity index (χ2v) is 6.74. The number of esters is 1. The monoisotopic (exact) mass is 376 g/mol. The molecule has 3 aromatic rings. The highest BCUT2D eigenvalue weighted by Gasteiger charge is 2.14. The summed E-state index contributed by atoms with van der Waals surface area (Å²) in [6.07, 6.45) is 2.24. The number of methoxy groups -OCH3 is 1. The fourth-order valence-corrected chi connectivity index (χ4v) is 3.32. The minimum atomic E-state index is -0.360. The first-order valence-electron chi connectivity index (χ1n) is 9.38. The van der Waals surface area contributed by atoms with E-state index in [2.05, 4.69) is 16.9 Å². The van der Waals surface area contributed by atoms with E-state index in [1.54, 1.807) is 13.0 Å². The van der Waals surface area contributed by atoms with Crippen molar-refractivity contribution >= 4 is 5.97 Å². The molecule has 0 saturated carbocycles. The van der Waals surface area contributed by atoms with Crippen LogP contribution in [0.25, 0.3) is 11.1 Å². The molecule has 0 radical (unpaired) electrons. The lowest BCUT2D eigenvalue weighted by Gasteiger charge is -2.10. The quantitative estimate of drug-likeness (QED) is 0.658. The average Bonchev–Trinajstić information content (AvgIpc) is 2.70. The fraction of sp³-hybridized carbons (Fsp3) is 0.261. The van der Waals surface area contributed by atoms with Crippen molar-refractivity contribution in [2.45, 2.75) is 33.1 Å². The number of hydrogen-bond acceptors (Lipinski definition) is 4. The Morgan fingerprint density at radius 2 is 1.82 bits per heavy atom. The lowest BCUT2D eigenvalue weighted by atomic mass is 9.96. The van der Waals surface area contributed by atoms with Gasteiger partial charge in [0.1, 0.15) is 5.82 Å². The maximum absolute atomic E-state index is 12.4. The van der Waals surface area contributed by atoms with Crippen molar-refractivity contribution in [3.8, 4) is 11.1 Å². The zero-order chi connectivity index (χ0) is 20.1. The van der Waals surface area contributed by atoms with E-state index < -0.39 is 0 Å². The number of aromatic amines is 1. The van der Waals surface area contributed by atoms with Gasteiger partial charge in [-0.05, 0) is 36.1 Å². The van der Waals surface area contributed by atoms with E-state index in [9.17, 15) is 9.59 Å². The molecule has 144 valence electrons. The molecule has 1 aromatic heterocycles. The second-order valence-electron chi connectivity index (χ2n) is 6.74. The van der Waals surface area contributed by atoms with Crippen molar-refractivity contribution < 1.29 is 9.53 Å². The zero-order valence-electron chi connectivity index (χ0n) is 16.4. The predicted molar refractivity (Wildman–Crippen MR) is 110 cm³/mol. The van der Waals surface area contributed by atoms with Gasteiger partial charge in [0.05, 0.1) is 18.4 Å². The van der Waals surface area contributed by atoms with E-state index in [-0.39, 0.29) is 11.5 Å². The number of aryl methyl sites for hydroxylation is 2. The third kappa shape index (κ3) is 4.19. The first-order valence-corrected chi connectivity index (χ1v) is 9.38. The van der Waals surface area contributed by atoms with Crippen LogP contribution in [0.4, 0.5) is 0 Å². The summed E-state index contributed by atoms with van der Waals surface area (Å²) in [5.74, 6) is 0.285.